The number of hydrogen-bond acceptors (Lipinski definition) is 9. The number of allylic oxidation sites excluding steroid dienone is 2. The quantitative estimate of drug-likeness (QED) is 0.118. The number of benzene rings is 5. The van der Waals surface area contributed by atoms with Gasteiger partial charge in [0.15, 0.2) is 17.1 Å². The minimum absolute atomic E-state index is 0.132. The largest absolute Gasteiger partial charge is 0.503 e. The van der Waals surface area contributed by atoms with Crippen LogP contribution in [0.5, 0.6) is 11.5 Å². The molecule has 4 amide bonds. The van der Waals surface area contributed by atoms with Gasteiger partial charge in [0, 0.05) is 16.0 Å². The van der Waals surface area contributed by atoms with Gasteiger partial charge in [-0.05, 0) is 123 Å². The highest BCUT2D eigenvalue weighted by molar-refractivity contribution is 9.13. The molecule has 2 aliphatic heterocycles. The molecule has 3 heterocycles. The predicted molar refractivity (Wildman–Crippen MR) is 231 cm³/mol. The molecule has 11 nitrogen and oxygen atoms in total. The van der Waals surface area contributed by atoms with Crippen LogP contribution in [0.15, 0.2) is 134 Å². The van der Waals surface area contributed by atoms with Gasteiger partial charge in [0.25, 0.3) is 11.8 Å². The number of para-hydroxylation sites is 2. The summed E-state index contributed by atoms with van der Waals surface area (Å²) < 4.78 is 12.4. The maximum absolute atomic E-state index is 15.5. The van der Waals surface area contributed by atoms with Crippen molar-refractivity contribution in [3.8, 4) is 23.0 Å². The molecule has 0 bridgehead atoms. The van der Waals surface area contributed by atoms with Gasteiger partial charge < -0.3 is 14.3 Å². The van der Waals surface area contributed by atoms with Crippen LogP contribution in [0.1, 0.15) is 35.4 Å². The molecule has 6 unspecified atom stereocenters. The minimum Gasteiger partial charge on any atom is -0.503 e. The number of halogens is 2. The number of nitrogens with one attached hydrogen (secondary N) is 1. The molecular formula is C47H36Br2N4O7. The van der Waals surface area contributed by atoms with Crippen LogP contribution in [-0.2, 0) is 24.6 Å². The van der Waals surface area contributed by atoms with Crippen LogP contribution in [0.25, 0.3) is 22.6 Å². The van der Waals surface area contributed by atoms with Crippen molar-refractivity contribution in [2.45, 2.75) is 31.1 Å². The van der Waals surface area contributed by atoms with E-state index in [4.69, 9.17) is 9.15 Å². The van der Waals surface area contributed by atoms with E-state index in [0.717, 1.165) is 21.7 Å². The number of phenolic OH excluding ortho intramolecular Hbond substituents is 1. The van der Waals surface area contributed by atoms with E-state index in [-0.39, 0.29) is 36.2 Å². The number of aromatic hydroxyl groups is 1. The Kier molecular flexibility index (Phi) is 9.10. The summed E-state index contributed by atoms with van der Waals surface area (Å²) in [6.45, 7) is 1.95. The first-order chi connectivity index (χ1) is 29.0. The standard InChI is InChI=1S/C47H36Br2N4O7/c1-24-12-16-27(17-13-24)51-53-44(56)33-22-31-29(38(32-23-36(59-2)41(54)40(49)39(32)48)47(33,46(53)58)26-8-4-3-5-9-26)20-21-30-37(31)45(57)52(43(30)55)28-18-14-25(15-19-28)42-50-34-10-6-7-11-35(34)60-42/h3-20,23,30-31,33,37-38,51,54H,21-22H2,1-2H3. The lowest BCUT2D eigenvalue weighted by Crippen LogP contribution is -2.53. The average molecular weight is 929 g/mol. The van der Waals surface area contributed by atoms with E-state index in [0.29, 0.717) is 48.5 Å². The topological polar surface area (TPSA) is 142 Å². The zero-order valence-corrected chi connectivity index (χ0v) is 35.4. The summed E-state index contributed by atoms with van der Waals surface area (Å²) in [5.74, 6) is -5.07. The number of methoxy groups -OCH3 is 1. The smallest absolute Gasteiger partial charge is 0.260 e. The summed E-state index contributed by atoms with van der Waals surface area (Å²) in [5, 5.41) is 12.2. The normalized spacial score (nSPS) is 24.7. The second-order valence-corrected chi connectivity index (χ2v) is 17.4. The van der Waals surface area contributed by atoms with Crippen molar-refractivity contribution in [2.24, 2.45) is 23.7 Å². The Morgan fingerprint density at radius 3 is 2.28 bits per heavy atom. The fourth-order valence-electron chi connectivity index (χ4n) is 10.1. The predicted octanol–water partition coefficient (Wildman–Crippen LogP) is 9.23. The van der Waals surface area contributed by atoms with Crippen molar-refractivity contribution in [2.75, 3.05) is 17.4 Å². The number of anilines is 2. The Hall–Kier alpha value is -6.05. The van der Waals surface area contributed by atoms with Crippen LogP contribution in [0.3, 0.4) is 0 Å². The van der Waals surface area contributed by atoms with E-state index in [1.54, 1.807) is 30.3 Å². The molecule has 0 spiro atoms. The molecule has 13 heteroatoms. The first-order valence-electron chi connectivity index (χ1n) is 19.6. The Labute approximate surface area is 361 Å². The fraction of sp³-hybridized carbons (Fsp3) is 0.213. The molecule has 2 saturated heterocycles. The molecule has 0 radical (unpaired) electrons. The summed E-state index contributed by atoms with van der Waals surface area (Å²) >= 11 is 7.30. The first-order valence-corrected chi connectivity index (χ1v) is 21.2. The van der Waals surface area contributed by atoms with E-state index in [2.05, 4.69) is 42.3 Å². The highest BCUT2D eigenvalue weighted by Gasteiger charge is 2.70. The Bertz CT molecular complexity index is 2770. The molecule has 60 heavy (non-hydrogen) atoms. The van der Waals surface area contributed by atoms with Gasteiger partial charge in [-0.1, -0.05) is 71.8 Å². The van der Waals surface area contributed by atoms with E-state index < -0.39 is 46.8 Å². The van der Waals surface area contributed by atoms with Gasteiger partial charge in [-0.15, -0.1) is 0 Å². The average Bonchev–Trinajstić information content (AvgIpc) is 3.88. The van der Waals surface area contributed by atoms with Crippen molar-refractivity contribution in [1.82, 2.24) is 9.99 Å². The van der Waals surface area contributed by atoms with Crippen LogP contribution in [0, 0.1) is 30.6 Å². The van der Waals surface area contributed by atoms with Gasteiger partial charge in [-0.3, -0.25) is 29.5 Å². The number of aromatic nitrogens is 1. The molecule has 6 aromatic rings. The van der Waals surface area contributed by atoms with Gasteiger partial charge in [0.2, 0.25) is 17.7 Å². The lowest BCUT2D eigenvalue weighted by atomic mass is 9.49. The van der Waals surface area contributed by atoms with Gasteiger partial charge in [0.1, 0.15) is 5.52 Å². The van der Waals surface area contributed by atoms with E-state index in [1.165, 1.54) is 12.0 Å². The third-order valence-electron chi connectivity index (χ3n) is 12.8. The van der Waals surface area contributed by atoms with Crippen LogP contribution >= 0.6 is 31.9 Å². The van der Waals surface area contributed by atoms with Crippen LogP contribution in [-0.4, -0.2) is 45.8 Å². The number of ether oxygens (including phenoxy) is 1. The van der Waals surface area contributed by atoms with Crippen LogP contribution in [0.2, 0.25) is 0 Å². The van der Waals surface area contributed by atoms with Crippen molar-refractivity contribution in [3.05, 3.63) is 146 Å². The number of imide groups is 2. The molecule has 300 valence electrons. The summed E-state index contributed by atoms with van der Waals surface area (Å²) in [5.41, 5.74) is 7.63. The number of oxazole rings is 1. The number of fused-ring (bicyclic) bond motifs is 5. The summed E-state index contributed by atoms with van der Waals surface area (Å²) in [7, 11) is 1.44. The third-order valence-corrected chi connectivity index (χ3v) is 14.9. The zero-order chi connectivity index (χ0) is 41.6. The monoisotopic (exact) mass is 926 g/mol. The minimum atomic E-state index is -1.51. The maximum atomic E-state index is 15.5. The molecule has 1 saturated carbocycles. The Balaban J connectivity index is 1.10. The molecule has 2 N–H and O–H groups in total. The van der Waals surface area contributed by atoms with Gasteiger partial charge in [0.05, 0.1) is 46.1 Å². The maximum Gasteiger partial charge on any atom is 0.260 e. The second kappa shape index (κ2) is 14.3. The molecule has 4 aliphatic rings. The lowest BCUT2D eigenvalue weighted by Gasteiger charge is -2.51. The van der Waals surface area contributed by atoms with Crippen molar-refractivity contribution < 1.29 is 33.4 Å². The number of rotatable bonds is 7. The molecule has 3 fully saturated rings. The van der Waals surface area contributed by atoms with E-state index >= 15 is 9.59 Å². The number of phenols is 1. The molecule has 6 atom stereocenters. The number of amides is 4. The van der Waals surface area contributed by atoms with Crippen molar-refractivity contribution >= 4 is 78.0 Å². The van der Waals surface area contributed by atoms with Crippen LogP contribution in [0.4, 0.5) is 11.4 Å². The number of hydrazine groups is 1. The highest BCUT2D eigenvalue weighted by Crippen LogP contribution is 2.65. The second-order valence-electron chi connectivity index (χ2n) is 15.8. The summed E-state index contributed by atoms with van der Waals surface area (Å²) in [4.78, 5) is 65.8. The Morgan fingerprint density at radius 2 is 1.57 bits per heavy atom. The third kappa shape index (κ3) is 5.55. The number of hydrogen-bond donors (Lipinski definition) is 2. The molecule has 5 aromatic carbocycles. The molecule has 10 rings (SSSR count). The first kappa shape index (κ1) is 38.2. The van der Waals surface area contributed by atoms with Gasteiger partial charge >= 0.3 is 0 Å². The number of aryl methyl sites for hydroxylation is 1. The number of carbonyl (C=O) groups excluding carboxylic acids is 4. The lowest BCUT2D eigenvalue weighted by molar-refractivity contribution is -0.138. The highest BCUT2D eigenvalue weighted by atomic mass is 79.9. The van der Waals surface area contributed by atoms with Crippen molar-refractivity contribution in [3.63, 3.8) is 0 Å². The van der Waals surface area contributed by atoms with E-state index in [9.17, 15) is 14.7 Å². The van der Waals surface area contributed by atoms with Crippen LogP contribution < -0.4 is 15.1 Å². The fourth-order valence-corrected chi connectivity index (χ4v) is 11.0. The van der Waals surface area contributed by atoms with Gasteiger partial charge in [-0.2, -0.15) is 5.01 Å². The van der Waals surface area contributed by atoms with Crippen molar-refractivity contribution in [1.29, 1.82) is 0 Å². The Morgan fingerprint density at radius 1 is 0.850 bits per heavy atom. The SMILES string of the molecule is COc1cc(C2C3=CCC4C(=O)N(c5ccc(-c6nc7ccccc7o6)cc5)C(=O)C4C3CC3C(=O)N(Nc4ccc(C)cc4)C(=O)C32c2ccccc2)c(Br)c(Br)c1O. The van der Waals surface area contributed by atoms with Gasteiger partial charge in [-0.25, -0.2) is 4.98 Å². The number of carbonyl (C=O) groups is 4. The zero-order valence-electron chi connectivity index (χ0n) is 32.3. The van der Waals surface area contributed by atoms with E-state index in [1.807, 2.05) is 91.9 Å². The molecule has 2 aliphatic carbocycles. The summed E-state index contributed by atoms with van der Waals surface area (Å²) in [6.07, 6.45) is 2.37. The number of nitrogens with zero attached hydrogens (tertiary/aromatic N) is 3. The summed E-state index contributed by atoms with van der Waals surface area (Å²) in [6, 6.07) is 32.9. The molecule has 1 aromatic heterocycles. The molecular weight excluding hydrogens is 892 g/mol.